The Bertz CT molecular complexity index is 1170. The fraction of sp³-hybridized carbons (Fsp3) is 0.562. The van der Waals surface area contributed by atoms with E-state index in [1.54, 1.807) is 4.90 Å². The van der Waals surface area contributed by atoms with E-state index in [-0.39, 0.29) is 18.0 Å². The molecule has 0 N–H and O–H groups in total. The second-order valence-electron chi connectivity index (χ2n) is 12.4. The maximum atomic E-state index is 14.2. The fourth-order valence-corrected chi connectivity index (χ4v) is 7.58. The summed E-state index contributed by atoms with van der Waals surface area (Å²) in [7, 11) is 0. The van der Waals surface area contributed by atoms with Crippen LogP contribution in [0.2, 0.25) is 0 Å². The molecule has 0 aromatic heterocycles. The van der Waals surface area contributed by atoms with Crippen molar-refractivity contribution in [1.29, 1.82) is 0 Å². The highest BCUT2D eigenvalue weighted by atomic mass is 16.2. The lowest BCUT2D eigenvalue weighted by Gasteiger charge is -2.44. The molecule has 2 aromatic carbocycles. The van der Waals surface area contributed by atoms with Crippen molar-refractivity contribution in [2.45, 2.75) is 75.9 Å². The molecule has 38 heavy (non-hydrogen) atoms. The molecule has 1 spiro atoms. The molecule has 5 aliphatic rings. The fourth-order valence-electron chi connectivity index (χ4n) is 7.58. The molecule has 7 rings (SSSR count). The number of piperidine rings is 1. The summed E-state index contributed by atoms with van der Waals surface area (Å²) in [5.74, 6) is 0.630. The maximum Gasteiger partial charge on any atom is 0.327 e. The molecule has 6 nitrogen and oxygen atoms in total. The van der Waals surface area contributed by atoms with Gasteiger partial charge in [-0.25, -0.2) is 4.79 Å². The topological polar surface area (TPSA) is 47.1 Å². The van der Waals surface area contributed by atoms with Gasteiger partial charge in [0.15, 0.2) is 0 Å². The molecule has 6 heteroatoms. The molecule has 2 aromatic rings. The summed E-state index contributed by atoms with van der Waals surface area (Å²) in [6.07, 6.45) is 9.27. The van der Waals surface area contributed by atoms with Gasteiger partial charge in [0.1, 0.15) is 5.54 Å². The van der Waals surface area contributed by atoms with Crippen LogP contribution < -0.4 is 4.90 Å². The summed E-state index contributed by atoms with van der Waals surface area (Å²) in [6, 6.07) is 17.4. The Balaban J connectivity index is 1.06. The first-order valence-corrected chi connectivity index (χ1v) is 14.9. The van der Waals surface area contributed by atoms with Gasteiger partial charge in [0.25, 0.3) is 5.91 Å². The number of benzene rings is 2. The van der Waals surface area contributed by atoms with E-state index in [4.69, 9.17) is 0 Å². The van der Waals surface area contributed by atoms with Gasteiger partial charge in [0, 0.05) is 51.0 Å². The molecule has 3 saturated heterocycles. The number of hydrogen-bond acceptors (Lipinski definition) is 4. The van der Waals surface area contributed by atoms with Crippen LogP contribution in [0.1, 0.15) is 61.6 Å². The zero-order chi connectivity index (χ0) is 25.7. The number of urea groups is 1. The highest BCUT2D eigenvalue weighted by Crippen LogP contribution is 2.42. The summed E-state index contributed by atoms with van der Waals surface area (Å²) in [6.45, 7) is 5.70. The lowest BCUT2D eigenvalue weighted by molar-refractivity contribution is -0.137. The van der Waals surface area contributed by atoms with Gasteiger partial charge in [0.2, 0.25) is 0 Å². The van der Waals surface area contributed by atoms with Gasteiger partial charge in [-0.05, 0) is 86.1 Å². The predicted octanol–water partition coefficient (Wildman–Crippen LogP) is 4.85. The van der Waals surface area contributed by atoms with Crippen LogP contribution in [0.15, 0.2) is 48.5 Å². The molecular weight excluding hydrogens is 472 g/mol. The van der Waals surface area contributed by atoms with E-state index in [0.717, 1.165) is 51.9 Å². The van der Waals surface area contributed by atoms with Crippen molar-refractivity contribution in [2.75, 3.05) is 37.6 Å². The minimum atomic E-state index is -0.655. The van der Waals surface area contributed by atoms with Crippen molar-refractivity contribution >= 4 is 17.6 Å². The van der Waals surface area contributed by atoms with Crippen LogP contribution >= 0.6 is 0 Å². The second-order valence-corrected chi connectivity index (χ2v) is 12.4. The number of carbonyl (C=O) groups is 2. The number of imide groups is 1. The highest BCUT2D eigenvalue weighted by Gasteiger charge is 2.60. The number of fused-ring (bicyclic) bond motifs is 1. The monoisotopic (exact) mass is 512 g/mol. The van der Waals surface area contributed by atoms with E-state index in [2.05, 4.69) is 58.3 Å². The Morgan fingerprint density at radius 2 is 1.45 bits per heavy atom. The number of nitrogens with zero attached hydrogens (tertiary/aromatic N) is 4. The van der Waals surface area contributed by atoms with E-state index in [0.29, 0.717) is 5.92 Å². The lowest BCUT2D eigenvalue weighted by atomic mass is 9.81. The summed E-state index contributed by atoms with van der Waals surface area (Å²) in [5.41, 5.74) is 4.58. The molecule has 0 radical (unpaired) electrons. The number of rotatable bonds is 6. The summed E-state index contributed by atoms with van der Waals surface area (Å²) < 4.78 is 0. The third kappa shape index (κ3) is 4.12. The van der Waals surface area contributed by atoms with Gasteiger partial charge < -0.3 is 9.80 Å². The van der Waals surface area contributed by atoms with Crippen molar-refractivity contribution in [3.63, 3.8) is 0 Å². The minimum Gasteiger partial charge on any atom is -0.372 e. The summed E-state index contributed by atoms with van der Waals surface area (Å²) in [4.78, 5) is 36.8. The van der Waals surface area contributed by atoms with Crippen molar-refractivity contribution in [1.82, 2.24) is 14.7 Å². The Morgan fingerprint density at radius 3 is 2.05 bits per heavy atom. The molecule has 2 aliphatic carbocycles. The maximum absolute atomic E-state index is 14.2. The Kier molecular flexibility index (Phi) is 6.18. The molecule has 3 aliphatic heterocycles. The molecule has 4 fully saturated rings. The highest BCUT2D eigenvalue weighted by molar-refractivity contribution is 6.07. The van der Waals surface area contributed by atoms with E-state index in [9.17, 15) is 9.59 Å². The van der Waals surface area contributed by atoms with Crippen LogP contribution in [-0.2, 0) is 24.2 Å². The molecule has 1 saturated carbocycles. The first-order valence-electron chi connectivity index (χ1n) is 14.9. The van der Waals surface area contributed by atoms with Crippen molar-refractivity contribution in [2.24, 2.45) is 5.92 Å². The lowest BCUT2D eigenvalue weighted by Crippen LogP contribution is -2.57. The molecule has 200 valence electrons. The predicted molar refractivity (Wildman–Crippen MR) is 149 cm³/mol. The van der Waals surface area contributed by atoms with Gasteiger partial charge in [-0.15, -0.1) is 0 Å². The van der Waals surface area contributed by atoms with Crippen LogP contribution in [-0.4, -0.2) is 70.9 Å². The average molecular weight is 513 g/mol. The average Bonchev–Trinajstić information content (AvgIpc) is 3.63. The number of anilines is 1. The Labute approximate surface area is 226 Å². The number of amides is 3. The van der Waals surface area contributed by atoms with Crippen LogP contribution in [0.5, 0.6) is 0 Å². The van der Waals surface area contributed by atoms with Crippen molar-refractivity contribution < 1.29 is 9.59 Å². The van der Waals surface area contributed by atoms with Crippen LogP contribution in [0, 0.1) is 5.92 Å². The molecule has 3 heterocycles. The summed E-state index contributed by atoms with van der Waals surface area (Å²) in [5, 5.41) is 0. The normalized spacial score (nSPS) is 24.1. The minimum absolute atomic E-state index is 0.0225. The van der Waals surface area contributed by atoms with Crippen LogP contribution in [0.4, 0.5) is 10.5 Å². The molecule has 0 atom stereocenters. The third-order valence-corrected chi connectivity index (χ3v) is 10.1. The molecular formula is C32H40N4O2. The van der Waals surface area contributed by atoms with Crippen LogP contribution in [0.3, 0.4) is 0 Å². The van der Waals surface area contributed by atoms with E-state index < -0.39 is 5.54 Å². The first-order chi connectivity index (χ1) is 18.6. The van der Waals surface area contributed by atoms with Crippen molar-refractivity contribution in [3.8, 4) is 0 Å². The van der Waals surface area contributed by atoms with Gasteiger partial charge in [-0.1, -0.05) is 42.8 Å². The third-order valence-electron chi connectivity index (χ3n) is 10.1. The smallest absolute Gasteiger partial charge is 0.327 e. The zero-order valence-electron chi connectivity index (χ0n) is 22.5. The van der Waals surface area contributed by atoms with Gasteiger partial charge in [-0.2, -0.15) is 0 Å². The number of carbonyl (C=O) groups excluding carboxylic acids is 2. The van der Waals surface area contributed by atoms with Crippen molar-refractivity contribution in [3.05, 3.63) is 65.2 Å². The second kappa shape index (κ2) is 9.71. The molecule has 3 amide bonds. The largest absolute Gasteiger partial charge is 0.372 e. The van der Waals surface area contributed by atoms with E-state index >= 15 is 0 Å². The summed E-state index contributed by atoms with van der Waals surface area (Å²) >= 11 is 0. The van der Waals surface area contributed by atoms with E-state index in [1.807, 2.05) is 4.90 Å². The number of likely N-dealkylation sites (tertiary alicyclic amines) is 1. The Morgan fingerprint density at radius 1 is 0.789 bits per heavy atom. The molecule has 0 bridgehead atoms. The molecule has 0 unspecified atom stereocenters. The first kappa shape index (κ1) is 24.2. The van der Waals surface area contributed by atoms with Crippen LogP contribution in [0.25, 0.3) is 0 Å². The SMILES string of the molecule is O=C1N(C2Cc3ccccc3C2)C(=O)C2(CCN(Cc3ccc(N4CCCC4)cc3)CC2)N1CC1CCC1. The standard InChI is InChI=1S/C32H40N4O2/c37-30-32(14-18-33(19-15-32)22-25-10-12-28(13-11-25)34-16-3-4-17-34)35(23-24-6-5-7-24)31(38)36(30)29-20-26-8-1-2-9-27(26)21-29/h1-2,8-13,24,29H,3-7,14-23H2. The van der Waals surface area contributed by atoms with Gasteiger partial charge in [0.05, 0.1) is 0 Å². The van der Waals surface area contributed by atoms with E-state index in [1.165, 1.54) is 67.6 Å². The van der Waals surface area contributed by atoms with Gasteiger partial charge >= 0.3 is 6.03 Å². The zero-order valence-corrected chi connectivity index (χ0v) is 22.5. The van der Waals surface area contributed by atoms with Gasteiger partial charge in [-0.3, -0.25) is 14.6 Å². The quantitative estimate of drug-likeness (QED) is 0.519. The number of hydrogen-bond donors (Lipinski definition) is 0. The Hall–Kier alpha value is -2.86.